The minimum absolute atomic E-state index is 0.238. The Balaban J connectivity index is 3.75. The average Bonchev–Trinajstić information content (AvgIpc) is 3.11. The van der Waals surface area contributed by atoms with Gasteiger partial charge in [0.25, 0.3) is 10.1 Å². The lowest BCUT2D eigenvalue weighted by Gasteiger charge is -2.23. The molecular weight excluding hydrogens is 667 g/mol. The molecule has 0 aliphatic carbocycles. The smallest absolute Gasteiger partial charge is 0.266 e. The summed E-state index contributed by atoms with van der Waals surface area (Å²) in [5, 5.41) is 13.4. The lowest BCUT2D eigenvalue weighted by molar-refractivity contribution is -0.122. The molecule has 0 bridgehead atoms. The van der Waals surface area contributed by atoms with Gasteiger partial charge in [0.1, 0.15) is 0 Å². The number of carbonyl (C=O) groups is 1. The number of hydrogen-bond donors (Lipinski definition) is 3. The van der Waals surface area contributed by atoms with Crippen LogP contribution in [0.5, 0.6) is 0 Å². The van der Waals surface area contributed by atoms with Crippen LogP contribution in [0.1, 0.15) is 264 Å². The summed E-state index contributed by atoms with van der Waals surface area (Å²) >= 11 is 0. The first kappa shape index (κ1) is 51.3. The van der Waals surface area contributed by atoms with Crippen LogP contribution in [0.25, 0.3) is 0 Å². The summed E-state index contributed by atoms with van der Waals surface area (Å²) in [6.07, 6.45) is 47.7. The first-order chi connectivity index (χ1) is 25.3. The molecule has 0 saturated heterocycles. The Labute approximate surface area is 325 Å². The van der Waals surface area contributed by atoms with E-state index in [1.54, 1.807) is 0 Å². The van der Waals surface area contributed by atoms with E-state index in [9.17, 15) is 22.9 Å². The van der Waals surface area contributed by atoms with Crippen LogP contribution in [0.2, 0.25) is 0 Å². The van der Waals surface area contributed by atoms with E-state index in [2.05, 4.69) is 19.2 Å². The number of carbonyl (C=O) groups excluding carboxylic acids is 1. The van der Waals surface area contributed by atoms with Gasteiger partial charge in [-0.05, 0) is 12.8 Å². The summed E-state index contributed by atoms with van der Waals surface area (Å²) in [4.78, 5) is 12.6. The molecule has 312 valence electrons. The van der Waals surface area contributed by atoms with Gasteiger partial charge < -0.3 is 10.4 Å². The minimum Gasteiger partial charge on any atom is -0.391 e. The van der Waals surface area contributed by atoms with Crippen LogP contribution in [-0.2, 0) is 14.9 Å². The Kier molecular flexibility index (Phi) is 39.5. The molecule has 0 rings (SSSR count). The number of unbranched alkanes of at least 4 members (excludes halogenated alkanes) is 35. The maximum Gasteiger partial charge on any atom is 0.266 e. The fraction of sp³-hybridized carbons (Fsp3) is 0.978. The molecule has 0 aromatic rings. The van der Waals surface area contributed by atoms with E-state index in [1.807, 2.05) is 0 Å². The summed E-state index contributed by atoms with van der Waals surface area (Å²) < 4.78 is 32.6. The summed E-state index contributed by atoms with van der Waals surface area (Å²) in [6.45, 7) is 4.55. The van der Waals surface area contributed by atoms with Crippen molar-refractivity contribution in [3.63, 3.8) is 0 Å². The van der Waals surface area contributed by atoms with Crippen LogP contribution < -0.4 is 5.32 Å². The Morgan fingerprint density at radius 1 is 0.442 bits per heavy atom. The molecule has 6 nitrogen and oxygen atoms in total. The van der Waals surface area contributed by atoms with Gasteiger partial charge in [0, 0.05) is 6.42 Å². The standard InChI is InChI=1S/C45H91NO5S/c1-3-5-7-9-11-13-15-17-19-21-23-25-27-29-31-33-35-37-39-41-45(48)46-43(42-52(49,50)51)44(47)40-38-36-34-32-30-28-26-24-22-20-18-16-14-12-10-8-6-4-2/h43-44,47H,3-42H2,1-2H3,(H,46,48)(H,49,50,51). The second-order valence-corrected chi connectivity index (χ2v) is 17.9. The van der Waals surface area contributed by atoms with Crippen LogP contribution in [-0.4, -0.2) is 41.9 Å². The van der Waals surface area contributed by atoms with Crippen molar-refractivity contribution in [1.82, 2.24) is 5.32 Å². The van der Waals surface area contributed by atoms with Crippen molar-refractivity contribution in [3.05, 3.63) is 0 Å². The summed E-state index contributed by atoms with van der Waals surface area (Å²) in [5.41, 5.74) is 0. The van der Waals surface area contributed by atoms with Crippen molar-refractivity contribution in [3.8, 4) is 0 Å². The van der Waals surface area contributed by atoms with Gasteiger partial charge in [-0.2, -0.15) is 8.42 Å². The normalized spacial score (nSPS) is 13.1. The van der Waals surface area contributed by atoms with Gasteiger partial charge in [-0.3, -0.25) is 9.35 Å². The van der Waals surface area contributed by atoms with Crippen molar-refractivity contribution in [2.45, 2.75) is 276 Å². The highest BCUT2D eigenvalue weighted by molar-refractivity contribution is 7.85. The van der Waals surface area contributed by atoms with Crippen molar-refractivity contribution >= 4 is 16.0 Å². The maximum absolute atomic E-state index is 12.6. The van der Waals surface area contributed by atoms with Gasteiger partial charge in [0.15, 0.2) is 0 Å². The number of aliphatic hydroxyl groups is 1. The Hall–Kier alpha value is -0.660. The van der Waals surface area contributed by atoms with Crippen LogP contribution in [0.3, 0.4) is 0 Å². The van der Waals surface area contributed by atoms with Crippen molar-refractivity contribution < 1.29 is 22.9 Å². The third-order valence-corrected chi connectivity index (χ3v) is 11.8. The van der Waals surface area contributed by atoms with Gasteiger partial charge in [0.2, 0.25) is 5.91 Å². The molecule has 52 heavy (non-hydrogen) atoms. The van der Waals surface area contributed by atoms with E-state index in [1.165, 1.54) is 199 Å². The zero-order valence-electron chi connectivity index (χ0n) is 35.0. The van der Waals surface area contributed by atoms with E-state index in [0.717, 1.165) is 38.5 Å². The predicted molar refractivity (Wildman–Crippen MR) is 226 cm³/mol. The molecule has 0 radical (unpaired) electrons. The summed E-state index contributed by atoms with van der Waals surface area (Å²) in [6, 6.07) is -0.964. The predicted octanol–water partition coefficient (Wildman–Crippen LogP) is 14.0. The summed E-state index contributed by atoms with van der Waals surface area (Å²) in [7, 11) is -4.31. The molecule has 0 aromatic carbocycles. The van der Waals surface area contributed by atoms with Gasteiger partial charge >= 0.3 is 0 Å². The molecule has 0 spiro atoms. The third kappa shape index (κ3) is 40.5. The fourth-order valence-electron chi connectivity index (χ4n) is 7.58. The molecule has 2 unspecified atom stereocenters. The van der Waals surface area contributed by atoms with Crippen molar-refractivity contribution in [2.24, 2.45) is 0 Å². The van der Waals surface area contributed by atoms with Gasteiger partial charge in [0.05, 0.1) is 17.9 Å². The molecule has 0 aromatic heterocycles. The van der Waals surface area contributed by atoms with Crippen LogP contribution in [0.15, 0.2) is 0 Å². The Morgan fingerprint density at radius 2 is 0.692 bits per heavy atom. The highest BCUT2D eigenvalue weighted by Gasteiger charge is 2.26. The number of hydrogen-bond acceptors (Lipinski definition) is 4. The molecule has 0 fully saturated rings. The topological polar surface area (TPSA) is 104 Å². The molecule has 0 aliphatic rings. The second-order valence-electron chi connectivity index (χ2n) is 16.4. The molecule has 0 saturated carbocycles. The Bertz CT molecular complexity index is 836. The van der Waals surface area contributed by atoms with E-state index < -0.39 is 28.0 Å². The summed E-state index contributed by atoms with van der Waals surface area (Å²) in [5.74, 6) is -0.879. The molecule has 3 N–H and O–H groups in total. The zero-order valence-corrected chi connectivity index (χ0v) is 35.8. The van der Waals surface area contributed by atoms with Crippen molar-refractivity contribution in [1.29, 1.82) is 0 Å². The van der Waals surface area contributed by atoms with Crippen LogP contribution in [0, 0.1) is 0 Å². The van der Waals surface area contributed by atoms with Gasteiger partial charge in [-0.25, -0.2) is 0 Å². The molecular formula is C45H91NO5S. The number of amides is 1. The van der Waals surface area contributed by atoms with Crippen LogP contribution in [0.4, 0.5) is 0 Å². The number of aliphatic hydroxyl groups excluding tert-OH is 1. The monoisotopic (exact) mass is 758 g/mol. The molecule has 0 aliphatic heterocycles. The molecule has 7 heteroatoms. The fourth-order valence-corrected chi connectivity index (χ4v) is 8.33. The lowest BCUT2D eigenvalue weighted by Crippen LogP contribution is -2.47. The Morgan fingerprint density at radius 3 is 0.962 bits per heavy atom. The average molecular weight is 758 g/mol. The van der Waals surface area contributed by atoms with E-state index in [4.69, 9.17) is 0 Å². The third-order valence-electron chi connectivity index (χ3n) is 11.1. The molecule has 0 heterocycles. The maximum atomic E-state index is 12.6. The van der Waals surface area contributed by atoms with Crippen molar-refractivity contribution in [2.75, 3.05) is 5.75 Å². The molecule has 1 amide bonds. The lowest BCUT2D eigenvalue weighted by atomic mass is 10.0. The van der Waals surface area contributed by atoms with E-state index in [-0.39, 0.29) is 5.91 Å². The largest absolute Gasteiger partial charge is 0.391 e. The highest BCUT2D eigenvalue weighted by Crippen LogP contribution is 2.17. The van der Waals surface area contributed by atoms with E-state index >= 15 is 0 Å². The quantitative estimate of drug-likeness (QED) is 0.0424. The minimum atomic E-state index is -4.31. The molecule has 2 atom stereocenters. The SMILES string of the molecule is CCCCCCCCCCCCCCCCCCCCCC(=O)NC(CS(=O)(=O)O)C(O)CCCCCCCCCCCCCCCCCCCC. The number of nitrogens with one attached hydrogen (secondary N) is 1. The van der Waals surface area contributed by atoms with E-state index in [0.29, 0.717) is 12.8 Å². The zero-order chi connectivity index (χ0) is 38.2. The number of rotatable bonds is 43. The van der Waals surface area contributed by atoms with Crippen LogP contribution >= 0.6 is 0 Å². The van der Waals surface area contributed by atoms with Gasteiger partial charge in [-0.15, -0.1) is 0 Å². The first-order valence-electron chi connectivity index (χ1n) is 23.2. The first-order valence-corrected chi connectivity index (χ1v) is 24.8. The van der Waals surface area contributed by atoms with Gasteiger partial charge in [-0.1, -0.05) is 245 Å². The highest BCUT2D eigenvalue weighted by atomic mass is 32.2. The second kappa shape index (κ2) is 40.0.